The van der Waals surface area contributed by atoms with Crippen LogP contribution in [0.1, 0.15) is 22.8 Å². The minimum Gasteiger partial charge on any atom is -0.305 e. The smallest absolute Gasteiger partial charge is 0.305 e. The van der Waals surface area contributed by atoms with Crippen molar-refractivity contribution in [1.82, 2.24) is 9.55 Å². The van der Waals surface area contributed by atoms with Crippen molar-refractivity contribution in [2.24, 2.45) is 0 Å². The average Bonchev–Trinajstić information content (AvgIpc) is 2.41. The molecule has 4 heteroatoms. The van der Waals surface area contributed by atoms with Crippen LogP contribution in [0, 0.1) is 13.8 Å². The summed E-state index contributed by atoms with van der Waals surface area (Å²) in [6, 6.07) is 3.73. The zero-order valence-corrected chi connectivity index (χ0v) is 8.92. The second-order valence-electron chi connectivity index (χ2n) is 3.74. The maximum Gasteiger partial charge on any atom is 0.333 e. The molecule has 0 amide bonds. The highest BCUT2D eigenvalue weighted by Crippen LogP contribution is 2.16. The fourth-order valence-electron chi connectivity index (χ4n) is 1.68. The summed E-state index contributed by atoms with van der Waals surface area (Å²) in [5, 5.41) is 0. The zero-order chi connectivity index (χ0) is 11.2. The van der Waals surface area contributed by atoms with Gasteiger partial charge in [0.25, 0.3) is 0 Å². The first kappa shape index (κ1) is 9.71. The molecule has 1 N–H and O–H groups in total. The number of carbonyl (C=O) groups excluding carboxylic acids is 1. The van der Waals surface area contributed by atoms with Crippen LogP contribution in [0.4, 0.5) is 0 Å². The van der Waals surface area contributed by atoms with E-state index in [-0.39, 0.29) is 11.6 Å². The first-order valence-corrected chi connectivity index (χ1v) is 4.73. The average molecular weight is 204 g/mol. The topological polar surface area (TPSA) is 54.9 Å². The highest BCUT2D eigenvalue weighted by atomic mass is 16.2. The van der Waals surface area contributed by atoms with E-state index in [0.29, 0.717) is 11.0 Å². The van der Waals surface area contributed by atoms with Crippen molar-refractivity contribution in [2.75, 3.05) is 0 Å². The second-order valence-corrected chi connectivity index (χ2v) is 3.74. The highest BCUT2D eigenvalue weighted by molar-refractivity contribution is 5.89. The molecule has 0 aliphatic carbocycles. The van der Waals surface area contributed by atoms with E-state index in [1.807, 2.05) is 26.0 Å². The van der Waals surface area contributed by atoms with E-state index in [0.717, 1.165) is 15.7 Å². The number of benzene rings is 1. The van der Waals surface area contributed by atoms with Gasteiger partial charge < -0.3 is 4.98 Å². The van der Waals surface area contributed by atoms with E-state index in [1.54, 1.807) is 0 Å². The van der Waals surface area contributed by atoms with Gasteiger partial charge in [-0.05, 0) is 37.1 Å². The highest BCUT2D eigenvalue weighted by Gasteiger charge is 2.10. The molecule has 0 bridgehead atoms. The van der Waals surface area contributed by atoms with Gasteiger partial charge in [0.1, 0.15) is 0 Å². The Bertz CT molecular complexity index is 605. The van der Waals surface area contributed by atoms with E-state index in [2.05, 4.69) is 4.98 Å². The minimum absolute atomic E-state index is 0.269. The first-order valence-electron chi connectivity index (χ1n) is 4.73. The number of fused-ring (bicyclic) bond motifs is 1. The summed E-state index contributed by atoms with van der Waals surface area (Å²) in [4.78, 5) is 25.4. The van der Waals surface area contributed by atoms with Crippen molar-refractivity contribution in [3.8, 4) is 0 Å². The SMILES string of the molecule is CC(=O)n1c(=O)[nH]c2cc(C)c(C)cc21. The molecular formula is C11H12N2O2. The number of hydrogen-bond donors (Lipinski definition) is 1. The van der Waals surface area contributed by atoms with Crippen LogP contribution >= 0.6 is 0 Å². The third-order valence-electron chi connectivity index (χ3n) is 2.61. The van der Waals surface area contributed by atoms with Crippen molar-refractivity contribution < 1.29 is 4.79 Å². The van der Waals surface area contributed by atoms with Gasteiger partial charge in [-0.2, -0.15) is 0 Å². The molecule has 1 aromatic carbocycles. The van der Waals surface area contributed by atoms with E-state index >= 15 is 0 Å². The molecule has 2 rings (SSSR count). The fraction of sp³-hybridized carbons (Fsp3) is 0.273. The van der Waals surface area contributed by atoms with Crippen LogP contribution in [-0.4, -0.2) is 15.5 Å². The lowest BCUT2D eigenvalue weighted by atomic mass is 10.1. The summed E-state index contributed by atoms with van der Waals surface area (Å²) in [6.07, 6.45) is 0. The Labute approximate surface area is 86.5 Å². The Hall–Kier alpha value is -1.84. The molecule has 0 saturated carbocycles. The van der Waals surface area contributed by atoms with Crippen LogP contribution in [0.5, 0.6) is 0 Å². The number of carbonyl (C=O) groups is 1. The number of aromatic nitrogens is 2. The minimum atomic E-state index is -0.373. The molecule has 0 saturated heterocycles. The molecule has 15 heavy (non-hydrogen) atoms. The number of nitrogens with one attached hydrogen (secondary N) is 1. The largest absolute Gasteiger partial charge is 0.333 e. The molecule has 4 nitrogen and oxygen atoms in total. The van der Waals surface area contributed by atoms with Gasteiger partial charge in [-0.25, -0.2) is 9.36 Å². The van der Waals surface area contributed by atoms with Crippen LogP contribution in [-0.2, 0) is 0 Å². The van der Waals surface area contributed by atoms with Crippen LogP contribution in [0.2, 0.25) is 0 Å². The predicted molar refractivity (Wildman–Crippen MR) is 58.3 cm³/mol. The summed E-state index contributed by atoms with van der Waals surface area (Å²) in [6.45, 7) is 5.30. The Morgan fingerprint density at radius 1 is 1.27 bits per heavy atom. The number of aromatic amines is 1. The Kier molecular flexibility index (Phi) is 2.00. The molecule has 78 valence electrons. The van der Waals surface area contributed by atoms with Gasteiger partial charge in [0.15, 0.2) is 0 Å². The molecule has 0 fully saturated rings. The lowest BCUT2D eigenvalue weighted by molar-refractivity contribution is 0.0937. The van der Waals surface area contributed by atoms with E-state index < -0.39 is 0 Å². The molecule has 0 radical (unpaired) electrons. The van der Waals surface area contributed by atoms with E-state index in [4.69, 9.17) is 0 Å². The molecular weight excluding hydrogens is 192 g/mol. The normalized spacial score (nSPS) is 10.9. The Morgan fingerprint density at radius 3 is 2.47 bits per heavy atom. The van der Waals surface area contributed by atoms with Crippen molar-refractivity contribution in [3.05, 3.63) is 33.7 Å². The van der Waals surface area contributed by atoms with E-state index in [9.17, 15) is 9.59 Å². The van der Waals surface area contributed by atoms with Crippen molar-refractivity contribution in [2.45, 2.75) is 20.8 Å². The van der Waals surface area contributed by atoms with Gasteiger partial charge in [0.05, 0.1) is 11.0 Å². The van der Waals surface area contributed by atoms with Gasteiger partial charge in [-0.15, -0.1) is 0 Å². The zero-order valence-electron chi connectivity index (χ0n) is 8.92. The summed E-state index contributed by atoms with van der Waals surface area (Å²) in [5.41, 5.74) is 3.15. The lowest BCUT2D eigenvalue weighted by Crippen LogP contribution is -2.21. The maximum absolute atomic E-state index is 11.5. The molecule has 0 atom stereocenters. The van der Waals surface area contributed by atoms with Crippen LogP contribution in [0.3, 0.4) is 0 Å². The van der Waals surface area contributed by atoms with Gasteiger partial charge in [0, 0.05) is 6.92 Å². The lowest BCUT2D eigenvalue weighted by Gasteiger charge is -2.01. The summed E-state index contributed by atoms with van der Waals surface area (Å²) in [7, 11) is 0. The van der Waals surface area contributed by atoms with Crippen molar-refractivity contribution in [1.29, 1.82) is 0 Å². The van der Waals surface area contributed by atoms with Gasteiger partial charge in [-0.3, -0.25) is 4.79 Å². The van der Waals surface area contributed by atoms with Gasteiger partial charge >= 0.3 is 5.69 Å². The number of rotatable bonds is 0. The van der Waals surface area contributed by atoms with Crippen molar-refractivity contribution in [3.63, 3.8) is 0 Å². The quantitative estimate of drug-likeness (QED) is 0.708. The van der Waals surface area contributed by atoms with Gasteiger partial charge in [0.2, 0.25) is 5.91 Å². The fourth-order valence-corrected chi connectivity index (χ4v) is 1.68. The standard InChI is InChI=1S/C11H12N2O2/c1-6-4-9-10(5-7(6)2)13(8(3)14)11(15)12-9/h4-5H,1-3H3,(H,12,15). The Morgan fingerprint density at radius 2 is 1.87 bits per heavy atom. The van der Waals surface area contributed by atoms with Gasteiger partial charge in [-0.1, -0.05) is 0 Å². The summed E-state index contributed by atoms with van der Waals surface area (Å²) < 4.78 is 1.15. The summed E-state index contributed by atoms with van der Waals surface area (Å²) in [5.74, 6) is -0.269. The second kappa shape index (κ2) is 3.08. The molecule has 1 heterocycles. The number of H-pyrrole nitrogens is 1. The molecule has 0 aliphatic heterocycles. The molecule has 2 aromatic rings. The van der Waals surface area contributed by atoms with E-state index in [1.165, 1.54) is 6.92 Å². The van der Waals surface area contributed by atoms with Crippen LogP contribution < -0.4 is 5.69 Å². The molecule has 0 aliphatic rings. The number of hydrogen-bond acceptors (Lipinski definition) is 2. The third kappa shape index (κ3) is 1.38. The van der Waals surface area contributed by atoms with Crippen LogP contribution in [0.15, 0.2) is 16.9 Å². The molecule has 0 unspecified atom stereocenters. The summed E-state index contributed by atoms with van der Waals surface area (Å²) >= 11 is 0. The van der Waals surface area contributed by atoms with Crippen molar-refractivity contribution >= 4 is 16.9 Å². The number of nitrogens with zero attached hydrogens (tertiary/aromatic N) is 1. The predicted octanol–water partition coefficient (Wildman–Crippen LogP) is 1.61. The first-order chi connectivity index (χ1) is 7.00. The number of imidazole rings is 1. The Balaban J connectivity index is 2.94. The van der Waals surface area contributed by atoms with Crippen LogP contribution in [0.25, 0.3) is 11.0 Å². The molecule has 1 aromatic heterocycles. The monoisotopic (exact) mass is 204 g/mol. The molecule has 0 spiro atoms. The third-order valence-corrected chi connectivity index (χ3v) is 2.61. The number of aryl methyl sites for hydroxylation is 2. The maximum atomic E-state index is 11.5.